The van der Waals surface area contributed by atoms with Crippen molar-refractivity contribution in [1.82, 2.24) is 10.1 Å². The Kier molecular flexibility index (Phi) is 6.02. The smallest absolute Gasteiger partial charge is 0.161 e. The first-order valence-corrected chi connectivity index (χ1v) is 14.5. The Bertz CT molecular complexity index is 1310. The zero-order chi connectivity index (χ0) is 27.7. The molecule has 0 fully saturated rings. The van der Waals surface area contributed by atoms with E-state index in [9.17, 15) is 29.6 Å². The fraction of sp³-hybridized carbons (Fsp3) is 0.438. The van der Waals surface area contributed by atoms with Gasteiger partial charge in [0.1, 0.15) is 0 Å². The van der Waals surface area contributed by atoms with E-state index in [0.717, 1.165) is 21.3 Å². The maximum Gasteiger partial charge on any atom is 0.161 e. The highest BCUT2D eigenvalue weighted by Gasteiger charge is 2.45. The average Bonchev–Trinajstić information content (AvgIpc) is 2.95. The Balaban J connectivity index is 1.36. The Labute approximate surface area is 232 Å². The average molecular weight is 541 g/mol. The second-order valence-electron chi connectivity index (χ2n) is 11.7. The SMILES string of the molecule is O=C1CCCC2=C1C(c1ccc(C3C4=C(CCCC4=O)N(O)C4=C3C(=O)CCC4)cc1)C1=C(CCCC1=O)N2O. The van der Waals surface area contributed by atoms with Crippen molar-refractivity contribution >= 4 is 23.1 Å². The van der Waals surface area contributed by atoms with Crippen molar-refractivity contribution in [2.75, 3.05) is 0 Å². The predicted molar refractivity (Wildman–Crippen MR) is 143 cm³/mol. The van der Waals surface area contributed by atoms with Crippen LogP contribution in [0, 0.1) is 0 Å². The lowest BCUT2D eigenvalue weighted by molar-refractivity contribution is -0.121. The normalized spacial score (nSPS) is 24.6. The second-order valence-corrected chi connectivity index (χ2v) is 11.7. The Morgan fingerprint density at radius 1 is 0.450 bits per heavy atom. The van der Waals surface area contributed by atoms with Crippen LogP contribution in [-0.4, -0.2) is 43.7 Å². The summed E-state index contributed by atoms with van der Waals surface area (Å²) in [6.45, 7) is 0. The maximum atomic E-state index is 13.2. The number of hydrogen-bond donors (Lipinski definition) is 2. The van der Waals surface area contributed by atoms with Crippen molar-refractivity contribution in [3.8, 4) is 0 Å². The van der Waals surface area contributed by atoms with E-state index in [4.69, 9.17) is 0 Å². The van der Waals surface area contributed by atoms with Crippen LogP contribution in [0.4, 0.5) is 0 Å². The van der Waals surface area contributed by atoms with Gasteiger partial charge in [-0.15, -0.1) is 0 Å². The van der Waals surface area contributed by atoms with Gasteiger partial charge in [-0.1, -0.05) is 24.3 Å². The first-order chi connectivity index (χ1) is 19.4. The van der Waals surface area contributed by atoms with E-state index in [-0.39, 0.29) is 23.1 Å². The topological polar surface area (TPSA) is 115 Å². The molecule has 0 saturated carbocycles. The Morgan fingerprint density at radius 3 is 0.950 bits per heavy atom. The molecule has 40 heavy (non-hydrogen) atoms. The van der Waals surface area contributed by atoms with Gasteiger partial charge >= 0.3 is 0 Å². The minimum absolute atomic E-state index is 0.0418. The number of benzene rings is 1. The third kappa shape index (κ3) is 3.65. The summed E-state index contributed by atoms with van der Waals surface area (Å²) in [5.74, 6) is -1.25. The molecule has 6 aliphatic rings. The summed E-state index contributed by atoms with van der Waals surface area (Å²) in [6, 6.07) is 7.60. The summed E-state index contributed by atoms with van der Waals surface area (Å²) in [5, 5.41) is 24.3. The summed E-state index contributed by atoms with van der Waals surface area (Å²) < 4.78 is 0. The van der Waals surface area contributed by atoms with E-state index in [2.05, 4.69) is 0 Å². The third-order valence-corrected chi connectivity index (χ3v) is 9.50. The van der Waals surface area contributed by atoms with Crippen molar-refractivity contribution in [3.05, 3.63) is 80.5 Å². The Hall–Kier alpha value is -3.62. The molecule has 206 valence electrons. The van der Waals surface area contributed by atoms with Crippen molar-refractivity contribution in [2.24, 2.45) is 0 Å². The molecule has 1 aromatic carbocycles. The molecule has 8 heteroatoms. The summed E-state index contributed by atoms with van der Waals surface area (Å²) in [4.78, 5) is 52.9. The van der Waals surface area contributed by atoms with E-state index >= 15 is 0 Å². The molecule has 2 aliphatic heterocycles. The predicted octanol–water partition coefficient (Wildman–Crippen LogP) is 5.29. The first-order valence-electron chi connectivity index (χ1n) is 14.5. The lowest BCUT2D eigenvalue weighted by atomic mass is 9.70. The number of allylic oxidation sites excluding steroid dienone is 8. The highest BCUT2D eigenvalue weighted by molar-refractivity contribution is 6.07. The van der Waals surface area contributed by atoms with E-state index in [0.29, 0.717) is 122 Å². The molecule has 0 atom stereocenters. The molecule has 0 amide bonds. The highest BCUT2D eigenvalue weighted by atomic mass is 16.5. The van der Waals surface area contributed by atoms with Crippen LogP contribution < -0.4 is 0 Å². The quantitative estimate of drug-likeness (QED) is 0.520. The zero-order valence-electron chi connectivity index (χ0n) is 22.4. The number of nitrogens with zero attached hydrogens (tertiary/aromatic N) is 2. The molecule has 0 saturated heterocycles. The van der Waals surface area contributed by atoms with Crippen molar-refractivity contribution in [2.45, 2.75) is 88.9 Å². The maximum absolute atomic E-state index is 13.2. The molecular weight excluding hydrogens is 508 g/mol. The van der Waals surface area contributed by atoms with Gasteiger partial charge in [0.2, 0.25) is 0 Å². The van der Waals surface area contributed by atoms with Gasteiger partial charge in [0.25, 0.3) is 0 Å². The van der Waals surface area contributed by atoms with Crippen LogP contribution in [0.15, 0.2) is 69.3 Å². The third-order valence-electron chi connectivity index (χ3n) is 9.50. The zero-order valence-corrected chi connectivity index (χ0v) is 22.4. The summed E-state index contributed by atoms with van der Waals surface area (Å²) in [6.07, 6.45) is 6.51. The van der Waals surface area contributed by atoms with Gasteiger partial charge < -0.3 is 0 Å². The van der Waals surface area contributed by atoms with Crippen molar-refractivity contribution in [1.29, 1.82) is 0 Å². The van der Waals surface area contributed by atoms with Gasteiger partial charge in [0.15, 0.2) is 23.1 Å². The number of hydrogen-bond acceptors (Lipinski definition) is 8. The lowest BCUT2D eigenvalue weighted by Crippen LogP contribution is -2.38. The molecule has 8 nitrogen and oxygen atoms in total. The molecule has 1 aromatic rings. The molecule has 0 bridgehead atoms. The molecule has 2 N–H and O–H groups in total. The number of rotatable bonds is 2. The Morgan fingerprint density at radius 2 is 0.700 bits per heavy atom. The summed E-state index contributed by atoms with van der Waals surface area (Å²) in [7, 11) is 0. The second kappa shape index (κ2) is 9.49. The molecule has 7 rings (SSSR count). The van der Waals surface area contributed by atoms with E-state index in [1.54, 1.807) is 0 Å². The number of hydroxylamine groups is 4. The number of Topliss-reactive ketones (excluding diaryl/α,β-unsaturated/α-hetero) is 4. The fourth-order valence-corrected chi connectivity index (χ4v) is 7.74. The van der Waals surface area contributed by atoms with Gasteiger partial charge in [-0.25, -0.2) is 10.1 Å². The minimum atomic E-state index is -0.542. The van der Waals surface area contributed by atoms with Crippen LogP contribution in [0.2, 0.25) is 0 Å². The molecule has 2 heterocycles. The van der Waals surface area contributed by atoms with Crippen LogP contribution in [0.1, 0.15) is 100 Å². The molecule has 0 radical (unpaired) electrons. The number of ketones is 4. The van der Waals surface area contributed by atoms with Crippen LogP contribution in [0.3, 0.4) is 0 Å². The van der Waals surface area contributed by atoms with Crippen molar-refractivity contribution < 1.29 is 29.6 Å². The van der Waals surface area contributed by atoms with Gasteiger partial charge in [0.05, 0.1) is 22.8 Å². The van der Waals surface area contributed by atoms with Gasteiger partial charge in [-0.3, -0.25) is 29.6 Å². The van der Waals surface area contributed by atoms with E-state index < -0.39 is 11.8 Å². The fourth-order valence-electron chi connectivity index (χ4n) is 7.74. The summed E-state index contributed by atoms with van der Waals surface area (Å²) in [5.41, 5.74) is 5.98. The lowest BCUT2D eigenvalue weighted by Gasteiger charge is -2.41. The largest absolute Gasteiger partial charge is 0.294 e. The standard InChI is InChI=1S/C32H32N2O6/c35-23-9-1-5-19-29(23)27(30-20(33(19)39)6-2-10-24(30)36)17-13-15-18(16-14-17)28-31-21(7-3-11-25(31)37)34(40)22-8-4-12-26(38)32(22)28/h13-16,27-28,39-40H,1-12H2. The monoisotopic (exact) mass is 540 g/mol. The van der Waals surface area contributed by atoms with E-state index in [1.165, 1.54) is 0 Å². The van der Waals surface area contributed by atoms with Gasteiger partial charge in [0, 0.05) is 59.8 Å². The molecule has 0 spiro atoms. The van der Waals surface area contributed by atoms with Crippen molar-refractivity contribution in [3.63, 3.8) is 0 Å². The number of carbonyl (C=O) groups is 4. The van der Waals surface area contributed by atoms with Crippen LogP contribution in [0.5, 0.6) is 0 Å². The van der Waals surface area contributed by atoms with Crippen LogP contribution in [0.25, 0.3) is 0 Å². The summed E-state index contributed by atoms with van der Waals surface area (Å²) >= 11 is 0. The van der Waals surface area contributed by atoms with E-state index in [1.807, 2.05) is 24.3 Å². The van der Waals surface area contributed by atoms with Crippen LogP contribution >= 0.6 is 0 Å². The number of carbonyl (C=O) groups excluding carboxylic acids is 4. The molecule has 0 unspecified atom stereocenters. The highest BCUT2D eigenvalue weighted by Crippen LogP contribution is 2.51. The minimum Gasteiger partial charge on any atom is -0.294 e. The first kappa shape index (κ1) is 25.4. The molecule has 0 aromatic heterocycles. The molecular formula is C32H32N2O6. The van der Waals surface area contributed by atoms with Gasteiger partial charge in [-0.05, 0) is 62.5 Å². The molecule has 4 aliphatic carbocycles. The van der Waals surface area contributed by atoms with Gasteiger partial charge in [-0.2, -0.15) is 0 Å². The van der Waals surface area contributed by atoms with Crippen LogP contribution in [-0.2, 0) is 19.2 Å².